The highest BCUT2D eigenvalue weighted by Gasteiger charge is 2.37. The van der Waals surface area contributed by atoms with Crippen molar-refractivity contribution < 1.29 is 35.9 Å². The van der Waals surface area contributed by atoms with E-state index in [0.29, 0.717) is 50.1 Å². The molecule has 1 fully saturated rings. The molecule has 2 aliphatic rings. The van der Waals surface area contributed by atoms with Gasteiger partial charge in [-0.1, -0.05) is 0 Å². The number of aromatic nitrogens is 3. The molecule has 2 atom stereocenters. The number of ether oxygens (including phenoxy) is 1. The van der Waals surface area contributed by atoms with Gasteiger partial charge in [-0.15, -0.1) is 0 Å². The molecule has 2 aliphatic heterocycles. The maximum Gasteiger partial charge on any atom is 0.420 e. The molecule has 0 aliphatic carbocycles. The highest BCUT2D eigenvalue weighted by atomic mass is 19.4. The standard InChI is InChI=1S/C23H26F6N6O2/c1-14(33-19-11-32-31-10-18(19)23(27,28)29)13-37-7-4-20(36)34-5-6-35-17(12-34)3-2-15-8-16(22(24,25)26)9-30-21(15)35/h8-11,14,17H,2-7,12-13H2,1H3,(H,31,33)/t14-,17?/m0/s1. The van der Waals surface area contributed by atoms with Crippen molar-refractivity contribution in [3.05, 3.63) is 41.3 Å². The van der Waals surface area contributed by atoms with Crippen molar-refractivity contribution in [2.75, 3.05) is 43.1 Å². The first-order chi connectivity index (χ1) is 17.4. The van der Waals surface area contributed by atoms with Crippen LogP contribution in [0.3, 0.4) is 0 Å². The van der Waals surface area contributed by atoms with Crippen molar-refractivity contribution in [1.29, 1.82) is 0 Å². The fraction of sp³-hybridized carbons (Fsp3) is 0.565. The van der Waals surface area contributed by atoms with Gasteiger partial charge >= 0.3 is 12.4 Å². The number of aryl methyl sites for hydroxylation is 1. The van der Waals surface area contributed by atoms with Crippen LogP contribution in [0.5, 0.6) is 0 Å². The van der Waals surface area contributed by atoms with Crippen molar-refractivity contribution in [3.8, 4) is 0 Å². The summed E-state index contributed by atoms with van der Waals surface area (Å²) in [6.07, 6.45) is -5.35. The van der Waals surface area contributed by atoms with E-state index in [-0.39, 0.29) is 37.3 Å². The third kappa shape index (κ3) is 6.40. The Bertz CT molecular complexity index is 1110. The Morgan fingerprint density at radius 1 is 1.14 bits per heavy atom. The molecule has 4 rings (SSSR count). The summed E-state index contributed by atoms with van der Waals surface area (Å²) >= 11 is 0. The molecule has 1 N–H and O–H groups in total. The first-order valence-corrected chi connectivity index (χ1v) is 11.8. The smallest absolute Gasteiger partial charge is 0.379 e. The fourth-order valence-electron chi connectivity index (χ4n) is 4.58. The lowest BCUT2D eigenvalue weighted by atomic mass is 9.95. The third-order valence-electron chi connectivity index (χ3n) is 6.39. The Hall–Kier alpha value is -3.16. The van der Waals surface area contributed by atoms with Gasteiger partial charge in [-0.25, -0.2) is 4.98 Å². The lowest BCUT2D eigenvalue weighted by Crippen LogP contribution is -2.56. The molecule has 0 radical (unpaired) electrons. The number of alkyl halides is 6. The van der Waals surface area contributed by atoms with E-state index in [1.807, 2.05) is 4.90 Å². The molecule has 0 spiro atoms. The molecule has 0 aromatic carbocycles. The molecule has 8 nitrogen and oxygen atoms in total. The minimum atomic E-state index is -4.57. The number of hydrogen-bond donors (Lipinski definition) is 1. The minimum Gasteiger partial charge on any atom is -0.379 e. The summed E-state index contributed by atoms with van der Waals surface area (Å²) in [6, 6.07) is 0.645. The molecular weight excluding hydrogens is 506 g/mol. The largest absolute Gasteiger partial charge is 0.420 e. The van der Waals surface area contributed by atoms with E-state index >= 15 is 0 Å². The van der Waals surface area contributed by atoms with Crippen LogP contribution in [0.4, 0.5) is 37.8 Å². The molecule has 1 saturated heterocycles. The number of carbonyl (C=O) groups is 1. The number of nitrogens with one attached hydrogen (secondary N) is 1. The average Bonchev–Trinajstić information content (AvgIpc) is 2.84. The number of nitrogens with zero attached hydrogens (tertiary/aromatic N) is 5. The van der Waals surface area contributed by atoms with Crippen LogP contribution in [0, 0.1) is 0 Å². The van der Waals surface area contributed by atoms with Crippen LogP contribution >= 0.6 is 0 Å². The third-order valence-corrected chi connectivity index (χ3v) is 6.39. The van der Waals surface area contributed by atoms with E-state index in [9.17, 15) is 31.1 Å². The number of piperazine rings is 1. The lowest BCUT2D eigenvalue weighted by Gasteiger charge is -2.45. The number of hydrogen-bond acceptors (Lipinski definition) is 7. The highest BCUT2D eigenvalue weighted by Crippen LogP contribution is 2.36. The Balaban J connectivity index is 1.23. The molecule has 0 bridgehead atoms. The van der Waals surface area contributed by atoms with Crippen molar-refractivity contribution in [2.24, 2.45) is 0 Å². The predicted octanol–water partition coefficient (Wildman–Crippen LogP) is 3.78. The Morgan fingerprint density at radius 3 is 2.62 bits per heavy atom. The van der Waals surface area contributed by atoms with Gasteiger partial charge in [-0.3, -0.25) is 4.79 Å². The van der Waals surface area contributed by atoms with E-state index in [0.717, 1.165) is 18.5 Å². The molecule has 2 aromatic heterocycles. The second-order valence-corrected chi connectivity index (χ2v) is 9.11. The zero-order chi connectivity index (χ0) is 26.8. The minimum absolute atomic E-state index is 0.0311. The van der Waals surface area contributed by atoms with Gasteiger partial charge < -0.3 is 19.9 Å². The number of carbonyl (C=O) groups excluding carboxylic acids is 1. The van der Waals surface area contributed by atoms with E-state index in [2.05, 4.69) is 20.5 Å². The summed E-state index contributed by atoms with van der Waals surface area (Å²) in [5.74, 6) is 0.420. The SMILES string of the molecule is C[C@@H](COCCC(=O)N1CCN2c3ncc(C(F)(F)F)cc3CCC2C1)Nc1cnncc1C(F)(F)F. The topological polar surface area (TPSA) is 83.5 Å². The van der Waals surface area contributed by atoms with Gasteiger partial charge in [0, 0.05) is 37.9 Å². The predicted molar refractivity (Wildman–Crippen MR) is 121 cm³/mol. The van der Waals surface area contributed by atoms with E-state index in [1.54, 1.807) is 11.8 Å². The fourth-order valence-corrected chi connectivity index (χ4v) is 4.58. The van der Waals surface area contributed by atoms with Crippen LogP contribution in [-0.4, -0.2) is 70.9 Å². The Labute approximate surface area is 209 Å². The van der Waals surface area contributed by atoms with Crippen LogP contribution in [0.2, 0.25) is 0 Å². The maximum atomic E-state index is 13.1. The molecule has 14 heteroatoms. The van der Waals surface area contributed by atoms with Crippen LogP contribution in [0.25, 0.3) is 0 Å². The van der Waals surface area contributed by atoms with Gasteiger partial charge in [0.1, 0.15) is 11.4 Å². The van der Waals surface area contributed by atoms with Gasteiger partial charge in [0.05, 0.1) is 43.3 Å². The van der Waals surface area contributed by atoms with Crippen LogP contribution in [-0.2, 0) is 28.3 Å². The van der Waals surface area contributed by atoms with E-state index < -0.39 is 29.5 Å². The summed E-state index contributed by atoms with van der Waals surface area (Å²) in [6.45, 7) is 3.13. The van der Waals surface area contributed by atoms with E-state index in [1.165, 1.54) is 0 Å². The van der Waals surface area contributed by atoms with Gasteiger partial charge in [0.2, 0.25) is 5.91 Å². The van der Waals surface area contributed by atoms with Crippen LogP contribution < -0.4 is 10.2 Å². The zero-order valence-corrected chi connectivity index (χ0v) is 19.9. The first kappa shape index (κ1) is 26.9. The number of halogens is 6. The molecular formula is C23H26F6N6O2. The Kier molecular flexibility index (Phi) is 7.76. The van der Waals surface area contributed by atoms with Crippen molar-refractivity contribution >= 4 is 17.4 Å². The summed E-state index contributed by atoms with van der Waals surface area (Å²) < 4.78 is 83.7. The molecule has 37 heavy (non-hydrogen) atoms. The first-order valence-electron chi connectivity index (χ1n) is 11.8. The van der Waals surface area contributed by atoms with Crippen LogP contribution in [0.15, 0.2) is 24.7 Å². The monoisotopic (exact) mass is 532 g/mol. The number of rotatable bonds is 7. The number of fused-ring (bicyclic) bond motifs is 3. The van der Waals surface area contributed by atoms with Crippen LogP contribution in [0.1, 0.15) is 36.5 Å². The second-order valence-electron chi connectivity index (χ2n) is 9.11. The van der Waals surface area contributed by atoms with Gasteiger partial charge in [-0.2, -0.15) is 36.5 Å². The number of anilines is 2. The van der Waals surface area contributed by atoms with Crippen molar-refractivity contribution in [2.45, 2.75) is 50.6 Å². The quantitative estimate of drug-likeness (QED) is 0.429. The number of amides is 1. The Morgan fingerprint density at radius 2 is 1.89 bits per heavy atom. The second kappa shape index (κ2) is 10.7. The zero-order valence-electron chi connectivity index (χ0n) is 19.9. The summed E-state index contributed by atoms with van der Waals surface area (Å²) in [5.41, 5.74) is -1.33. The molecule has 1 unspecified atom stereocenters. The van der Waals surface area contributed by atoms with Gasteiger partial charge in [0.15, 0.2) is 0 Å². The van der Waals surface area contributed by atoms with Gasteiger partial charge in [0.25, 0.3) is 0 Å². The maximum absolute atomic E-state index is 13.1. The average molecular weight is 532 g/mol. The molecule has 0 saturated carbocycles. The van der Waals surface area contributed by atoms with Gasteiger partial charge in [-0.05, 0) is 31.4 Å². The molecule has 2 aromatic rings. The molecule has 4 heterocycles. The molecule has 1 amide bonds. The number of pyridine rings is 1. The lowest BCUT2D eigenvalue weighted by molar-refractivity contribution is -0.138. The van der Waals surface area contributed by atoms with Crippen molar-refractivity contribution in [3.63, 3.8) is 0 Å². The normalized spacial score (nSPS) is 18.7. The summed E-state index contributed by atoms with van der Waals surface area (Å²) in [7, 11) is 0. The van der Waals surface area contributed by atoms with Crippen molar-refractivity contribution in [1.82, 2.24) is 20.1 Å². The summed E-state index contributed by atoms with van der Waals surface area (Å²) in [4.78, 5) is 20.4. The molecule has 202 valence electrons. The van der Waals surface area contributed by atoms with E-state index in [4.69, 9.17) is 4.74 Å². The summed E-state index contributed by atoms with van der Waals surface area (Å²) in [5, 5.41) is 9.46. The highest BCUT2D eigenvalue weighted by molar-refractivity contribution is 5.76.